The number of hydrogen-bond acceptors (Lipinski definition) is 4. The normalized spacial score (nSPS) is 10.9. The average Bonchev–Trinajstić information content (AvgIpc) is 3.36. The zero-order valence-electron chi connectivity index (χ0n) is 24.7. The maximum absolute atomic E-state index is 12.8. The van der Waals surface area contributed by atoms with Crippen LogP contribution in [0.2, 0.25) is 0 Å². The summed E-state index contributed by atoms with van der Waals surface area (Å²) in [6.45, 7) is 5.81. The van der Waals surface area contributed by atoms with Gasteiger partial charge in [-0.15, -0.1) is 0 Å². The fourth-order valence-corrected chi connectivity index (χ4v) is 5.36. The van der Waals surface area contributed by atoms with Gasteiger partial charge in [-0.3, -0.25) is 0 Å². The summed E-state index contributed by atoms with van der Waals surface area (Å²) in [5.41, 5.74) is 2.54. The van der Waals surface area contributed by atoms with Gasteiger partial charge in [0.25, 0.3) is 0 Å². The lowest BCUT2D eigenvalue weighted by Gasteiger charge is -2.14. The zero-order valence-corrected chi connectivity index (χ0v) is 25.5. The van der Waals surface area contributed by atoms with E-state index in [1.165, 1.54) is 74.8 Å². The van der Waals surface area contributed by atoms with Crippen molar-refractivity contribution in [3.05, 3.63) is 64.6 Å². The molecule has 0 unspecified atom stereocenters. The maximum Gasteiger partial charge on any atom is 0.323 e. The number of aromatic nitrogens is 1. The first-order chi connectivity index (χ1) is 19.6. The van der Waals surface area contributed by atoms with Crippen molar-refractivity contribution >= 4 is 28.7 Å². The fourth-order valence-electron chi connectivity index (χ4n) is 4.69. The summed E-state index contributed by atoms with van der Waals surface area (Å²) in [5.74, 6) is 1.32. The number of nitrogens with zero attached hydrogens (tertiary/aromatic N) is 1. The number of unbranched alkanes of at least 4 members (excludes halogenated alkanes) is 11. The molecule has 7 heteroatoms. The van der Waals surface area contributed by atoms with Crippen LogP contribution >= 0.6 is 11.3 Å². The van der Waals surface area contributed by atoms with Crippen LogP contribution in [-0.4, -0.2) is 19.7 Å². The summed E-state index contributed by atoms with van der Waals surface area (Å²) < 4.78 is 13.7. The van der Waals surface area contributed by atoms with Crippen molar-refractivity contribution in [1.82, 2.24) is 0 Å². The number of benzene rings is 2. The number of amides is 2. The van der Waals surface area contributed by atoms with Gasteiger partial charge in [0.2, 0.25) is 5.01 Å². The second-order valence-electron chi connectivity index (χ2n) is 10.4. The van der Waals surface area contributed by atoms with Crippen LogP contribution in [0.4, 0.5) is 16.2 Å². The van der Waals surface area contributed by atoms with Crippen LogP contribution in [0.1, 0.15) is 94.5 Å². The van der Waals surface area contributed by atoms with Crippen LogP contribution in [0.25, 0.3) is 0 Å². The van der Waals surface area contributed by atoms with Gasteiger partial charge in [-0.1, -0.05) is 101 Å². The van der Waals surface area contributed by atoms with E-state index in [1.807, 2.05) is 42.5 Å². The molecular weight excluding hydrogens is 518 g/mol. The molecule has 3 aromatic rings. The van der Waals surface area contributed by atoms with Crippen molar-refractivity contribution in [2.24, 2.45) is 0 Å². The predicted octanol–water partition coefficient (Wildman–Crippen LogP) is 9.12. The Hall–Kier alpha value is -3.06. The quantitative estimate of drug-likeness (QED) is 0.112. The molecule has 2 amide bonds. The Labute approximate surface area is 245 Å². The van der Waals surface area contributed by atoms with Crippen molar-refractivity contribution in [1.29, 1.82) is 0 Å². The highest BCUT2D eigenvalue weighted by Crippen LogP contribution is 2.30. The number of carbonyl (C=O) groups is 1. The second kappa shape index (κ2) is 18.3. The Morgan fingerprint density at radius 3 is 2.10 bits per heavy atom. The van der Waals surface area contributed by atoms with Crippen LogP contribution in [-0.2, 0) is 6.54 Å². The molecule has 1 heterocycles. The number of urea groups is 1. The van der Waals surface area contributed by atoms with Crippen molar-refractivity contribution < 1.29 is 18.8 Å². The van der Waals surface area contributed by atoms with Gasteiger partial charge in [-0.05, 0) is 30.7 Å². The molecule has 0 radical (unpaired) electrons. The molecule has 0 fully saturated rings. The smallest absolute Gasteiger partial charge is 0.323 e. The highest BCUT2D eigenvalue weighted by Gasteiger charge is 2.12. The van der Waals surface area contributed by atoms with Gasteiger partial charge >= 0.3 is 6.03 Å². The lowest BCUT2D eigenvalue weighted by Crippen LogP contribution is -2.34. The number of rotatable bonds is 19. The number of anilines is 2. The minimum Gasteiger partial charge on any atom is -0.497 e. The van der Waals surface area contributed by atoms with Crippen LogP contribution in [0.3, 0.4) is 0 Å². The zero-order chi connectivity index (χ0) is 28.4. The predicted molar refractivity (Wildman–Crippen MR) is 167 cm³/mol. The molecule has 218 valence electrons. The van der Waals surface area contributed by atoms with Crippen molar-refractivity contribution in [2.45, 2.75) is 97.4 Å². The first-order valence-corrected chi connectivity index (χ1v) is 15.9. The summed E-state index contributed by atoms with van der Waals surface area (Å²) in [5, 5.41) is 9.20. The molecular formula is C33H48N3O3S+. The number of aryl methyl sites for hydroxylation is 1. The third-order valence-electron chi connectivity index (χ3n) is 7.14. The van der Waals surface area contributed by atoms with Crippen molar-refractivity contribution in [3.63, 3.8) is 0 Å². The number of nitrogens with one attached hydrogen (secondary N) is 2. The molecule has 0 aliphatic rings. The Bertz CT molecular complexity index is 1130. The molecule has 2 N–H and O–H groups in total. The van der Waals surface area contributed by atoms with Crippen molar-refractivity contribution in [2.75, 3.05) is 24.4 Å². The first-order valence-electron chi connectivity index (χ1n) is 15.0. The van der Waals surface area contributed by atoms with E-state index in [0.717, 1.165) is 25.1 Å². The number of carbonyl (C=O) groups excluding carboxylic acids is 1. The van der Waals surface area contributed by atoms with Gasteiger partial charge in [-0.2, -0.15) is 4.57 Å². The molecule has 40 heavy (non-hydrogen) atoms. The van der Waals surface area contributed by atoms with E-state index in [2.05, 4.69) is 40.6 Å². The standard InChI is InChI=1S/C33H47N3O3S/c1-4-5-6-7-8-9-10-11-12-13-14-15-23-39-32-25-30(38-3)20-21-31(32)35-33(37)34-29-18-16-28(17-19-29)26-36-22-24-40-27(36)2/h16-22,24-25H,4-15,23,26H2,1-3H3,(H-,34,35,37)/p+1. The molecule has 0 bridgehead atoms. The lowest BCUT2D eigenvalue weighted by atomic mass is 10.1. The van der Waals surface area contributed by atoms with Gasteiger partial charge in [-0.25, -0.2) is 4.79 Å². The Morgan fingerprint density at radius 2 is 1.50 bits per heavy atom. The van der Waals surface area contributed by atoms with E-state index in [4.69, 9.17) is 9.47 Å². The SMILES string of the molecule is CCCCCCCCCCCCCCOc1cc(OC)ccc1NC(=O)Nc1ccc(C[n+]2ccsc2C)cc1. The van der Waals surface area contributed by atoms with E-state index in [1.54, 1.807) is 18.4 Å². The largest absolute Gasteiger partial charge is 0.497 e. The Kier molecular flexibility index (Phi) is 14.4. The number of methoxy groups -OCH3 is 1. The third-order valence-corrected chi connectivity index (χ3v) is 7.97. The number of ether oxygens (including phenoxy) is 2. The molecule has 6 nitrogen and oxygen atoms in total. The summed E-state index contributed by atoms with van der Waals surface area (Å²) in [4.78, 5) is 12.8. The summed E-state index contributed by atoms with van der Waals surface area (Å²) >= 11 is 1.73. The average molecular weight is 567 g/mol. The maximum atomic E-state index is 12.8. The third kappa shape index (κ3) is 11.6. The van der Waals surface area contributed by atoms with Crippen LogP contribution in [0.15, 0.2) is 54.0 Å². The first kappa shape index (κ1) is 31.5. The monoisotopic (exact) mass is 566 g/mol. The summed E-state index contributed by atoms with van der Waals surface area (Å²) in [6, 6.07) is 13.1. The lowest BCUT2D eigenvalue weighted by molar-refractivity contribution is -0.689. The molecule has 0 saturated carbocycles. The van der Waals surface area contributed by atoms with Crippen LogP contribution < -0.4 is 24.7 Å². The molecule has 0 spiro atoms. The molecule has 3 rings (SSSR count). The van der Waals surface area contributed by atoms with Gasteiger partial charge in [0.15, 0.2) is 12.7 Å². The van der Waals surface area contributed by atoms with E-state index in [-0.39, 0.29) is 6.03 Å². The Balaban J connectivity index is 1.37. The van der Waals surface area contributed by atoms with Gasteiger partial charge in [0, 0.05) is 24.2 Å². The van der Waals surface area contributed by atoms with E-state index < -0.39 is 0 Å². The van der Waals surface area contributed by atoms with E-state index in [9.17, 15) is 4.79 Å². The molecule has 0 saturated heterocycles. The fraction of sp³-hybridized carbons (Fsp3) is 0.515. The molecule has 2 aromatic carbocycles. The highest BCUT2D eigenvalue weighted by atomic mass is 32.1. The van der Waals surface area contributed by atoms with Crippen LogP contribution in [0, 0.1) is 6.92 Å². The van der Waals surface area contributed by atoms with Crippen molar-refractivity contribution in [3.8, 4) is 11.5 Å². The second-order valence-corrected chi connectivity index (χ2v) is 11.5. The summed E-state index contributed by atoms with van der Waals surface area (Å²) in [7, 11) is 1.63. The molecule has 0 atom stereocenters. The topological polar surface area (TPSA) is 63.5 Å². The number of thiazole rings is 1. The van der Waals surface area contributed by atoms with E-state index in [0.29, 0.717) is 23.8 Å². The van der Waals surface area contributed by atoms with Gasteiger partial charge < -0.3 is 20.1 Å². The van der Waals surface area contributed by atoms with E-state index >= 15 is 0 Å². The molecule has 0 aliphatic heterocycles. The van der Waals surface area contributed by atoms with Crippen LogP contribution in [0.5, 0.6) is 11.5 Å². The highest BCUT2D eigenvalue weighted by molar-refractivity contribution is 7.09. The Morgan fingerprint density at radius 1 is 0.850 bits per heavy atom. The minimum atomic E-state index is -0.309. The number of hydrogen-bond donors (Lipinski definition) is 2. The summed E-state index contributed by atoms with van der Waals surface area (Å²) in [6.07, 6.45) is 17.8. The minimum absolute atomic E-state index is 0.309. The van der Waals surface area contributed by atoms with Gasteiger partial charge in [0.05, 0.1) is 24.8 Å². The van der Waals surface area contributed by atoms with Gasteiger partial charge in [0.1, 0.15) is 11.5 Å². The molecule has 1 aromatic heterocycles. The molecule has 0 aliphatic carbocycles.